The van der Waals surface area contributed by atoms with E-state index in [9.17, 15) is 14.9 Å². The molecule has 2 N–H and O–H groups in total. The summed E-state index contributed by atoms with van der Waals surface area (Å²) in [6.07, 6.45) is 0. The van der Waals surface area contributed by atoms with Gasteiger partial charge >= 0.3 is 0 Å². The Morgan fingerprint density at radius 2 is 1.92 bits per heavy atom. The molecule has 0 saturated heterocycles. The molecule has 0 unspecified atom stereocenters. The van der Waals surface area contributed by atoms with Gasteiger partial charge in [0, 0.05) is 9.86 Å². The van der Waals surface area contributed by atoms with Gasteiger partial charge in [-0.15, -0.1) is 0 Å². The Morgan fingerprint density at radius 1 is 1.18 bits per heavy atom. The van der Waals surface area contributed by atoms with Crippen LogP contribution >= 0.6 is 15.9 Å². The number of amides is 2. The molecule has 0 bridgehead atoms. The highest BCUT2D eigenvalue weighted by Gasteiger charge is 2.34. The summed E-state index contributed by atoms with van der Waals surface area (Å²) in [4.78, 5) is 28.1. The average Bonchev–Trinajstić information content (AvgIpc) is 3.23. The summed E-state index contributed by atoms with van der Waals surface area (Å²) >= 11 is 3.54. The number of halogens is 1. The maximum Gasteiger partial charge on any atom is 0.253 e. The van der Waals surface area contributed by atoms with Gasteiger partial charge in [0.25, 0.3) is 5.91 Å². The quantitative estimate of drug-likeness (QED) is 0.364. The number of anilines is 1. The minimum atomic E-state index is -0.882. The first-order chi connectivity index (χ1) is 18.4. The van der Waals surface area contributed by atoms with Crippen LogP contribution in [-0.4, -0.2) is 47.3 Å². The van der Waals surface area contributed by atoms with E-state index in [4.69, 9.17) is 9.84 Å². The van der Waals surface area contributed by atoms with Crippen molar-refractivity contribution in [2.24, 2.45) is 0 Å². The molecule has 0 radical (unpaired) electrons. The van der Waals surface area contributed by atoms with Gasteiger partial charge < -0.3 is 20.3 Å². The molecular formula is C28H25BrN6O3. The molecule has 0 aliphatic carbocycles. The van der Waals surface area contributed by atoms with E-state index in [-0.39, 0.29) is 25.0 Å². The van der Waals surface area contributed by atoms with Crippen molar-refractivity contribution in [1.29, 1.82) is 5.26 Å². The second-order valence-electron chi connectivity index (χ2n) is 8.92. The standard InChI is InChI=1S/C28H25BrN6O3/c1-17(31-2)27(36)32-22-16-38-26-10-6-5-9-24(26)34(28(22)37)15-21-20-12-11-19(29)13-25(20)35(33-21)23-8-4-3-7-18(23)14-30/h3-13,17,22,31H,15-16H2,1-2H3,(H,32,36)/t17-,22-/m0/s1. The maximum absolute atomic E-state index is 13.9. The molecule has 5 rings (SSSR count). The van der Waals surface area contributed by atoms with Crippen molar-refractivity contribution < 1.29 is 14.3 Å². The molecule has 0 spiro atoms. The van der Waals surface area contributed by atoms with Crippen LogP contribution in [0.4, 0.5) is 5.69 Å². The number of carbonyl (C=O) groups is 2. The summed E-state index contributed by atoms with van der Waals surface area (Å²) in [6.45, 7) is 1.86. The van der Waals surface area contributed by atoms with E-state index in [1.54, 1.807) is 41.8 Å². The molecule has 2 amide bonds. The third-order valence-corrected chi connectivity index (χ3v) is 7.04. The Kier molecular flexibility index (Phi) is 7.13. The van der Waals surface area contributed by atoms with Crippen LogP contribution in [0.2, 0.25) is 0 Å². The number of hydrogen-bond acceptors (Lipinski definition) is 6. The molecule has 1 aromatic heterocycles. The van der Waals surface area contributed by atoms with Gasteiger partial charge in [0.05, 0.1) is 40.7 Å². The molecule has 3 aromatic carbocycles. The molecule has 192 valence electrons. The van der Waals surface area contributed by atoms with Crippen molar-refractivity contribution in [3.63, 3.8) is 0 Å². The van der Waals surface area contributed by atoms with Crippen LogP contribution in [-0.2, 0) is 16.1 Å². The normalized spacial score (nSPS) is 15.8. The Hall–Kier alpha value is -4.20. The molecule has 0 fully saturated rings. The number of likely N-dealkylation sites (N-methyl/N-ethyl adjacent to an activating group) is 1. The highest BCUT2D eigenvalue weighted by molar-refractivity contribution is 9.10. The topological polar surface area (TPSA) is 112 Å². The highest BCUT2D eigenvalue weighted by atomic mass is 79.9. The lowest BCUT2D eigenvalue weighted by Crippen LogP contribution is -2.53. The van der Waals surface area contributed by atoms with E-state index in [1.165, 1.54) is 0 Å². The van der Waals surface area contributed by atoms with Gasteiger partial charge in [-0.2, -0.15) is 10.4 Å². The second-order valence-corrected chi connectivity index (χ2v) is 9.84. The van der Waals surface area contributed by atoms with Crippen LogP contribution in [0.5, 0.6) is 5.75 Å². The number of carbonyl (C=O) groups excluding carboxylic acids is 2. The molecule has 38 heavy (non-hydrogen) atoms. The zero-order valence-electron chi connectivity index (χ0n) is 20.8. The monoisotopic (exact) mass is 572 g/mol. The summed E-state index contributed by atoms with van der Waals surface area (Å²) in [6, 6.07) is 21.2. The fraction of sp³-hybridized carbons (Fsp3) is 0.214. The number of nitrogens with zero attached hydrogens (tertiary/aromatic N) is 4. The number of aromatic nitrogens is 2. The van der Waals surface area contributed by atoms with Gasteiger partial charge in [-0.05, 0) is 56.4 Å². The molecule has 2 heterocycles. The number of fused-ring (bicyclic) bond motifs is 2. The minimum absolute atomic E-state index is 0.00615. The average molecular weight is 573 g/mol. The minimum Gasteiger partial charge on any atom is -0.489 e. The summed E-state index contributed by atoms with van der Waals surface area (Å²) in [7, 11) is 1.68. The first kappa shape index (κ1) is 25.4. The number of nitriles is 1. The molecular weight excluding hydrogens is 548 g/mol. The second kappa shape index (κ2) is 10.7. The summed E-state index contributed by atoms with van der Waals surface area (Å²) < 4.78 is 8.54. The first-order valence-electron chi connectivity index (χ1n) is 12.1. The zero-order valence-corrected chi connectivity index (χ0v) is 22.4. The zero-order chi connectivity index (χ0) is 26.8. The van der Waals surface area contributed by atoms with Gasteiger partial charge in [0.1, 0.15) is 24.5 Å². The van der Waals surface area contributed by atoms with Crippen molar-refractivity contribution in [3.8, 4) is 17.5 Å². The van der Waals surface area contributed by atoms with Gasteiger partial charge in [-0.25, -0.2) is 4.68 Å². The van der Waals surface area contributed by atoms with Gasteiger partial charge in [0.15, 0.2) is 0 Å². The summed E-state index contributed by atoms with van der Waals surface area (Å²) in [5.74, 6) is -0.0579. The van der Waals surface area contributed by atoms with Crippen LogP contribution in [0.25, 0.3) is 16.6 Å². The van der Waals surface area contributed by atoms with Crippen molar-refractivity contribution in [2.75, 3.05) is 18.6 Å². The van der Waals surface area contributed by atoms with Gasteiger partial charge in [-0.3, -0.25) is 9.59 Å². The molecule has 1 aliphatic heterocycles. The highest BCUT2D eigenvalue weighted by Crippen LogP contribution is 2.34. The molecule has 0 saturated carbocycles. The van der Waals surface area contributed by atoms with Gasteiger partial charge in [-0.1, -0.05) is 40.2 Å². The van der Waals surface area contributed by atoms with E-state index >= 15 is 0 Å². The van der Waals surface area contributed by atoms with Crippen molar-refractivity contribution in [3.05, 3.63) is 82.5 Å². The largest absolute Gasteiger partial charge is 0.489 e. The van der Waals surface area contributed by atoms with Crippen molar-refractivity contribution in [1.82, 2.24) is 20.4 Å². The Balaban J connectivity index is 1.60. The van der Waals surface area contributed by atoms with E-state index in [0.717, 1.165) is 15.4 Å². The molecule has 1 aliphatic rings. The van der Waals surface area contributed by atoms with E-state index < -0.39 is 12.1 Å². The Morgan fingerprint density at radius 3 is 2.68 bits per heavy atom. The molecule has 2 atom stereocenters. The predicted molar refractivity (Wildman–Crippen MR) is 147 cm³/mol. The number of ether oxygens (including phenoxy) is 1. The lowest BCUT2D eigenvalue weighted by molar-refractivity contribution is -0.129. The molecule has 10 heteroatoms. The van der Waals surface area contributed by atoms with E-state index in [2.05, 4.69) is 32.6 Å². The molecule has 9 nitrogen and oxygen atoms in total. The summed E-state index contributed by atoms with van der Waals surface area (Å²) in [5.41, 5.74) is 3.14. The van der Waals surface area contributed by atoms with Crippen LogP contribution in [0.1, 0.15) is 18.2 Å². The third-order valence-electron chi connectivity index (χ3n) is 6.55. The summed E-state index contributed by atoms with van der Waals surface area (Å²) in [5, 5.41) is 21.1. The van der Waals surface area contributed by atoms with Gasteiger partial charge in [0.2, 0.25) is 5.91 Å². The fourth-order valence-electron chi connectivity index (χ4n) is 4.40. The number of benzene rings is 3. The fourth-order valence-corrected chi connectivity index (χ4v) is 4.75. The molecule has 4 aromatic rings. The van der Waals surface area contributed by atoms with Crippen molar-refractivity contribution in [2.45, 2.75) is 25.6 Å². The van der Waals surface area contributed by atoms with Crippen molar-refractivity contribution >= 4 is 44.3 Å². The van der Waals surface area contributed by atoms with Crippen LogP contribution in [0, 0.1) is 11.3 Å². The Bertz CT molecular complexity index is 1580. The predicted octanol–water partition coefficient (Wildman–Crippen LogP) is 3.68. The first-order valence-corrected chi connectivity index (χ1v) is 12.9. The number of nitrogens with one attached hydrogen (secondary N) is 2. The number of hydrogen-bond donors (Lipinski definition) is 2. The smallest absolute Gasteiger partial charge is 0.253 e. The van der Waals surface area contributed by atoms with Crippen LogP contribution < -0.4 is 20.3 Å². The number of para-hydroxylation sites is 3. The van der Waals surface area contributed by atoms with E-state index in [0.29, 0.717) is 28.4 Å². The lowest BCUT2D eigenvalue weighted by Gasteiger charge is -2.25. The van der Waals surface area contributed by atoms with Crippen LogP contribution in [0.15, 0.2) is 71.2 Å². The SMILES string of the molecule is CN[C@@H](C)C(=O)N[C@H]1COc2ccccc2N(Cc2nn(-c3ccccc3C#N)c3cc(Br)ccc23)C1=O. The Labute approximate surface area is 228 Å². The maximum atomic E-state index is 13.9. The van der Waals surface area contributed by atoms with Crippen LogP contribution in [0.3, 0.4) is 0 Å². The lowest BCUT2D eigenvalue weighted by atomic mass is 10.1. The third kappa shape index (κ3) is 4.74. The number of rotatable bonds is 6. The van der Waals surface area contributed by atoms with E-state index in [1.807, 2.05) is 48.5 Å².